The predicted molar refractivity (Wildman–Crippen MR) is 525 cm³/mol. The van der Waals surface area contributed by atoms with Gasteiger partial charge in [0, 0.05) is 68.6 Å². The van der Waals surface area contributed by atoms with Crippen LogP contribution in [0.4, 0.5) is 11.4 Å². The standard InChI is InChI=1S/C21H18ClNO6.C17H15NO5.C16H12ClNO3.C16H14N2O3.C15H13NO3.C11H11ClO3.C9H10O4/c1-12-16(10-20(26)29-11-19(24)25)17-9-15(28-2)7-8-18(17)23(12)21(27)13-3-5-14(22)6-4-13;1-11(19)18-13-7-9-14(10-8-13)23-17(21)15-5-3-4-6-16(15)22-12(2)20;1-9(16(19)20)11-4-7-14-13(8-11)18-15(21-14)10-2-5-12(17)6-3-10;19-15(20)11-21-16-13-8-4-5-9-14(13)18(17-16)10-12-6-2-1-3-7-12;16-14-11(9-13(17)18)7-4-8-12(14)15(19)10-5-2-1-3-6-10;1-2-5-15-10-4-3-8(6-9(10)12)7-11(13)14;1-2-12-13-8-6-4-3-5-7(8)9(10)11/h3-9H,10-11H2,1-2H3,(H,24,25);3-10H,1-2H3,(H,18,19);2-9H,1H3,(H,19,20);1-9H,10-11H2,(H,19,20);1-8H,9,16H2,(H,17,18);2-4,6H,1,5,7H2,(H,13,14);3-6H,2H2,1H3,(H,10,11). The molecule has 0 radical (unpaired) electrons. The van der Waals surface area contributed by atoms with Gasteiger partial charge >= 0.3 is 53.7 Å². The molecule has 0 aliphatic rings. The van der Waals surface area contributed by atoms with E-state index in [0.717, 1.165) is 22.0 Å². The molecule has 0 saturated carbocycles. The Labute approximate surface area is 820 Å². The summed E-state index contributed by atoms with van der Waals surface area (Å²) < 4.78 is 39.8. The number of nitrogen functional groups attached to an aromatic ring is 1. The number of nitrogens with zero attached hydrogens (tertiary/aromatic N) is 4. The van der Waals surface area contributed by atoms with Crippen LogP contribution in [-0.4, -0.2) is 155 Å². The van der Waals surface area contributed by atoms with Gasteiger partial charge in [0.1, 0.15) is 46.2 Å². The molecule has 0 spiro atoms. The van der Waals surface area contributed by atoms with E-state index in [0.29, 0.717) is 136 Å². The molecular weight excluding hydrogens is 1880 g/mol. The van der Waals surface area contributed by atoms with E-state index in [-0.39, 0.29) is 65.2 Å². The van der Waals surface area contributed by atoms with Crippen molar-refractivity contribution in [3.05, 3.63) is 368 Å². The zero-order chi connectivity index (χ0) is 102. The van der Waals surface area contributed by atoms with Crippen LogP contribution in [0, 0.1) is 6.92 Å². The van der Waals surface area contributed by atoms with Gasteiger partial charge in [0.2, 0.25) is 17.7 Å². The Morgan fingerprint density at radius 1 is 0.553 bits per heavy atom. The molecule has 0 fully saturated rings. The molecule has 15 rings (SSSR count). The second-order valence-electron chi connectivity index (χ2n) is 29.8. The molecule has 1 unspecified atom stereocenters. The van der Waals surface area contributed by atoms with Crippen molar-refractivity contribution in [3.8, 4) is 46.1 Å². The quantitative estimate of drug-likeness (QED) is 0.00380. The first-order valence-corrected chi connectivity index (χ1v) is 43.7. The number of aromatic nitrogens is 4. The highest BCUT2D eigenvalue weighted by Crippen LogP contribution is 2.35. The van der Waals surface area contributed by atoms with Crippen LogP contribution in [0.1, 0.15) is 114 Å². The third kappa shape index (κ3) is 32.5. The molecule has 0 saturated heterocycles. The number of benzene rings is 12. The van der Waals surface area contributed by atoms with Crippen LogP contribution < -0.4 is 39.6 Å². The highest BCUT2D eigenvalue weighted by atomic mass is 35.5. The molecule has 0 aliphatic carbocycles. The summed E-state index contributed by atoms with van der Waals surface area (Å²) in [6.07, 6.45) is 1.20. The fourth-order valence-corrected chi connectivity index (χ4v) is 13.6. The number of ether oxygens (including phenoxy) is 6. The van der Waals surface area contributed by atoms with Crippen LogP contribution in [-0.2, 0) is 73.8 Å². The summed E-state index contributed by atoms with van der Waals surface area (Å²) in [7, 11) is 1.52. The summed E-state index contributed by atoms with van der Waals surface area (Å²) in [5, 5.41) is 62.6. The molecule has 141 heavy (non-hydrogen) atoms. The van der Waals surface area contributed by atoms with E-state index in [2.05, 4.69) is 26.9 Å². The Hall–Kier alpha value is -17.3. The summed E-state index contributed by atoms with van der Waals surface area (Å²) in [6, 6.07) is 79.2. The first kappa shape index (κ1) is 107. The number of halogens is 3. The van der Waals surface area contributed by atoms with Crippen molar-refractivity contribution in [1.29, 1.82) is 0 Å². The molecule has 15 aromatic rings. The number of carbonyl (C=O) groups is 12. The molecule has 1 amide bonds. The first-order valence-electron chi connectivity index (χ1n) is 42.5. The van der Waals surface area contributed by atoms with Crippen LogP contribution in [0.3, 0.4) is 0 Å². The third-order valence-corrected chi connectivity index (χ3v) is 20.5. The Morgan fingerprint density at radius 3 is 1.77 bits per heavy atom. The average molecular weight is 1980 g/mol. The Bertz CT molecular complexity index is 6970. The molecule has 3 heterocycles. The van der Waals surface area contributed by atoms with Gasteiger partial charge in [-0.1, -0.05) is 169 Å². The number of oxazole rings is 1. The number of aromatic carboxylic acids is 1. The number of carboxylic acids is 6. The van der Waals surface area contributed by atoms with Gasteiger partial charge in [0.05, 0.1) is 66.9 Å². The minimum Gasteiger partial charge on any atom is -0.497 e. The Kier molecular flexibility index (Phi) is 40.6. The predicted octanol–water partition coefficient (Wildman–Crippen LogP) is 19.5. The van der Waals surface area contributed by atoms with Crippen LogP contribution in [0.15, 0.2) is 296 Å². The number of anilines is 2. The number of esters is 3. The Balaban J connectivity index is 0.000000186. The third-order valence-electron chi connectivity index (χ3n) is 19.7. The fourth-order valence-electron chi connectivity index (χ4n) is 13.1. The van der Waals surface area contributed by atoms with E-state index in [9.17, 15) is 57.5 Å². The van der Waals surface area contributed by atoms with Crippen molar-refractivity contribution in [2.75, 3.05) is 44.6 Å². The van der Waals surface area contributed by atoms with E-state index in [1.807, 2.05) is 77.5 Å². The monoisotopic (exact) mass is 1970 g/mol. The van der Waals surface area contributed by atoms with Gasteiger partial charge < -0.3 is 79.4 Å². The number of fused-ring (bicyclic) bond motifs is 3. The molecule has 0 bridgehead atoms. The van der Waals surface area contributed by atoms with Gasteiger partial charge in [-0.2, -0.15) is 4.89 Å². The van der Waals surface area contributed by atoms with Crippen LogP contribution >= 0.6 is 34.8 Å². The maximum atomic E-state index is 13.2. The van der Waals surface area contributed by atoms with E-state index in [1.165, 1.54) is 43.7 Å². The molecular formula is C105H93Cl3N6O27. The maximum absolute atomic E-state index is 13.2. The minimum absolute atomic E-state index is 0.0402. The normalized spacial score (nSPS) is 10.5. The summed E-state index contributed by atoms with van der Waals surface area (Å²) in [5.74, 6) is -6.53. The van der Waals surface area contributed by atoms with Gasteiger partial charge in [0.25, 0.3) is 5.91 Å². The summed E-state index contributed by atoms with van der Waals surface area (Å²) >= 11 is 17.7. The number of hydrogen-bond donors (Lipinski definition) is 8. The number of amides is 1. The zero-order valence-corrected chi connectivity index (χ0v) is 78.6. The van der Waals surface area contributed by atoms with Gasteiger partial charge in [0.15, 0.2) is 30.3 Å². The van der Waals surface area contributed by atoms with Crippen molar-refractivity contribution in [3.63, 3.8) is 0 Å². The second-order valence-corrected chi connectivity index (χ2v) is 31.1. The van der Waals surface area contributed by atoms with E-state index >= 15 is 0 Å². The number of para-hydroxylation sites is 4. The van der Waals surface area contributed by atoms with Crippen molar-refractivity contribution >= 4 is 150 Å². The SMILES string of the molecule is C=CCOc1ccc(CC(=O)O)cc1Cl.CC(=O)Nc1ccc(OC(=O)c2ccccc2OC(C)=O)cc1.CC(C(=O)O)c1ccc2oc(-c3ccc(Cl)cc3)nc2c1.CCOOc1ccccc1C(=O)O.COc1ccc2c(c1)c(CC(=O)OCC(=O)O)c(C)n2C(=O)c1ccc(Cl)cc1.Nc1c(CC(=O)O)cccc1C(=O)c1ccccc1.O=C(O)COc1nn(Cc2ccccc2)c2ccccc12. The molecule has 36 heteroatoms. The number of rotatable bonds is 31. The fraction of sp³-hybridized carbons (Fsp3) is 0.143. The van der Waals surface area contributed by atoms with Crippen molar-refractivity contribution < 1.29 is 131 Å². The van der Waals surface area contributed by atoms with Crippen LogP contribution in [0.2, 0.25) is 15.1 Å². The van der Waals surface area contributed by atoms with Crippen LogP contribution in [0.5, 0.6) is 34.6 Å². The number of ketones is 1. The topological polar surface area (TPSA) is 487 Å². The van der Waals surface area contributed by atoms with Crippen molar-refractivity contribution in [2.24, 2.45) is 0 Å². The molecule has 3 aromatic heterocycles. The molecule has 1 atom stereocenters. The smallest absolute Gasteiger partial charge is 0.347 e. The second kappa shape index (κ2) is 53.3. The van der Waals surface area contributed by atoms with E-state index in [4.69, 9.17) is 109 Å². The summed E-state index contributed by atoms with van der Waals surface area (Å²) in [6.45, 7) is 11.5. The lowest BCUT2D eigenvalue weighted by Crippen LogP contribution is -2.16. The number of carbonyl (C=O) groups excluding carboxylic acids is 6. The number of carboxylic acid groups (broad SMARTS) is 6. The van der Waals surface area contributed by atoms with Gasteiger partial charge in [-0.25, -0.2) is 24.2 Å². The van der Waals surface area contributed by atoms with E-state index < -0.39 is 72.9 Å². The first-order chi connectivity index (χ1) is 67.5. The average Bonchev–Trinajstić information content (AvgIpc) is 1.60. The van der Waals surface area contributed by atoms with Gasteiger partial charge in [-0.3, -0.25) is 47.6 Å². The zero-order valence-electron chi connectivity index (χ0n) is 76.3. The van der Waals surface area contributed by atoms with Crippen molar-refractivity contribution in [1.82, 2.24) is 19.3 Å². The highest BCUT2D eigenvalue weighted by Gasteiger charge is 2.26. The number of methoxy groups -OCH3 is 1. The minimum atomic E-state index is -1.24. The number of aliphatic carboxylic acids is 5. The van der Waals surface area contributed by atoms with E-state index in [1.54, 1.807) is 215 Å². The summed E-state index contributed by atoms with van der Waals surface area (Å²) in [4.78, 5) is 150. The molecule has 9 N–H and O–H groups in total. The van der Waals surface area contributed by atoms with Crippen LogP contribution in [0.25, 0.3) is 44.4 Å². The lowest BCUT2D eigenvalue weighted by Gasteiger charge is -2.09. The highest BCUT2D eigenvalue weighted by molar-refractivity contribution is 6.32. The lowest BCUT2D eigenvalue weighted by atomic mass is 9.98. The van der Waals surface area contributed by atoms with Crippen molar-refractivity contribution in [2.45, 2.75) is 66.3 Å². The summed E-state index contributed by atoms with van der Waals surface area (Å²) in [5.41, 5.74) is 15.9. The number of nitrogens with one attached hydrogen (secondary N) is 1. The molecule has 12 aromatic carbocycles. The number of nitrogens with two attached hydrogens (primary N) is 1. The molecule has 726 valence electrons. The Morgan fingerprint density at radius 2 is 1.16 bits per heavy atom. The molecule has 33 nitrogen and oxygen atoms in total. The van der Waals surface area contributed by atoms with Gasteiger partial charge in [-0.05, 0) is 206 Å². The largest absolute Gasteiger partial charge is 0.497 e. The lowest BCUT2D eigenvalue weighted by molar-refractivity contribution is -0.202. The van der Waals surface area contributed by atoms with Gasteiger partial charge in [-0.15, -0.1) is 5.10 Å². The molecule has 0 aliphatic heterocycles. The maximum Gasteiger partial charge on any atom is 0.347 e. The number of hydrogen-bond acceptors (Lipinski definition) is 24.